The second-order valence-corrected chi connectivity index (χ2v) is 5.17. The van der Waals surface area contributed by atoms with Gasteiger partial charge in [0, 0.05) is 18.7 Å². The van der Waals surface area contributed by atoms with E-state index in [9.17, 15) is 9.18 Å². The molecule has 0 radical (unpaired) electrons. The van der Waals surface area contributed by atoms with Crippen LogP contribution in [0.25, 0.3) is 0 Å². The van der Waals surface area contributed by atoms with Gasteiger partial charge in [0.2, 0.25) is 5.95 Å². The number of halogens is 1. The first-order valence-electron chi connectivity index (χ1n) is 7.21. The maximum atomic E-state index is 14.0. The second-order valence-electron chi connectivity index (χ2n) is 5.17. The zero-order valence-corrected chi connectivity index (χ0v) is 13.1. The van der Waals surface area contributed by atoms with Crippen molar-refractivity contribution in [2.45, 2.75) is 26.2 Å². The highest BCUT2D eigenvalue weighted by Gasteiger charge is 2.21. The van der Waals surface area contributed by atoms with Gasteiger partial charge in [0.1, 0.15) is 5.56 Å². The van der Waals surface area contributed by atoms with Crippen LogP contribution in [-0.4, -0.2) is 15.7 Å². The van der Waals surface area contributed by atoms with Crippen molar-refractivity contribution in [2.75, 3.05) is 5.32 Å². The summed E-state index contributed by atoms with van der Waals surface area (Å²) in [6.07, 6.45) is 2.72. The van der Waals surface area contributed by atoms with Crippen LogP contribution in [0, 0.1) is 12.9 Å². The van der Waals surface area contributed by atoms with Crippen molar-refractivity contribution in [1.82, 2.24) is 9.78 Å². The first kappa shape index (κ1) is 15.9. The molecule has 2 aromatic rings. The van der Waals surface area contributed by atoms with Crippen LogP contribution in [0.1, 0.15) is 40.9 Å². The molecule has 1 amide bonds. The standard InChI is InChI=1S/C17H20FN3O/c1-5-12(6-2)13-9-7-8-10-14(13)19-17(22)15-11(3)20-21(4)16(15)18/h5,7-10,12H,1,6H2,2-4H3,(H,19,22). The summed E-state index contributed by atoms with van der Waals surface area (Å²) >= 11 is 0. The van der Waals surface area contributed by atoms with E-state index in [-0.39, 0.29) is 11.5 Å². The average molecular weight is 301 g/mol. The van der Waals surface area contributed by atoms with Crippen LogP contribution in [0.5, 0.6) is 0 Å². The van der Waals surface area contributed by atoms with Crippen molar-refractivity contribution in [2.24, 2.45) is 7.05 Å². The van der Waals surface area contributed by atoms with E-state index in [0.717, 1.165) is 16.7 Å². The van der Waals surface area contributed by atoms with Gasteiger partial charge in [0.25, 0.3) is 5.91 Å². The van der Waals surface area contributed by atoms with Crippen LogP contribution in [0.3, 0.4) is 0 Å². The Labute approximate surface area is 129 Å². The van der Waals surface area contributed by atoms with Gasteiger partial charge in [-0.25, -0.2) is 4.68 Å². The van der Waals surface area contributed by atoms with Crippen molar-refractivity contribution in [3.8, 4) is 0 Å². The topological polar surface area (TPSA) is 46.9 Å². The van der Waals surface area contributed by atoms with Crippen molar-refractivity contribution in [3.05, 3.63) is 59.7 Å². The number of nitrogens with zero attached hydrogens (tertiary/aromatic N) is 2. The molecule has 1 aromatic carbocycles. The SMILES string of the molecule is C=CC(CC)c1ccccc1NC(=O)c1c(C)nn(C)c1F. The lowest BCUT2D eigenvalue weighted by Crippen LogP contribution is -2.16. The number of carbonyl (C=O) groups excluding carboxylic acids is 1. The number of benzene rings is 1. The monoisotopic (exact) mass is 301 g/mol. The molecule has 0 saturated heterocycles. The van der Waals surface area contributed by atoms with Crippen LogP contribution in [0.4, 0.5) is 10.1 Å². The maximum absolute atomic E-state index is 14.0. The lowest BCUT2D eigenvalue weighted by atomic mass is 9.95. The Kier molecular flexibility index (Phi) is 4.75. The van der Waals surface area contributed by atoms with Gasteiger partial charge < -0.3 is 5.32 Å². The van der Waals surface area contributed by atoms with E-state index in [1.165, 1.54) is 7.05 Å². The summed E-state index contributed by atoms with van der Waals surface area (Å²) < 4.78 is 15.1. The minimum absolute atomic E-state index is 0.0241. The third-order valence-corrected chi connectivity index (χ3v) is 3.71. The van der Waals surface area contributed by atoms with Gasteiger partial charge >= 0.3 is 0 Å². The van der Waals surface area contributed by atoms with Gasteiger partial charge in [-0.2, -0.15) is 9.49 Å². The number of hydrogen-bond donors (Lipinski definition) is 1. The lowest BCUT2D eigenvalue weighted by molar-refractivity contribution is 0.102. The van der Waals surface area contributed by atoms with E-state index in [4.69, 9.17) is 0 Å². The molecule has 4 nitrogen and oxygen atoms in total. The number of amides is 1. The molecule has 1 aromatic heterocycles. The molecule has 5 heteroatoms. The molecule has 1 N–H and O–H groups in total. The third-order valence-electron chi connectivity index (χ3n) is 3.71. The molecular formula is C17H20FN3O. The Balaban J connectivity index is 2.35. The zero-order valence-electron chi connectivity index (χ0n) is 13.1. The van der Waals surface area contributed by atoms with Crippen LogP contribution in [0.15, 0.2) is 36.9 Å². The smallest absolute Gasteiger partial charge is 0.262 e. The van der Waals surface area contributed by atoms with Crippen LogP contribution >= 0.6 is 0 Å². The number of anilines is 1. The number of nitrogens with one attached hydrogen (secondary N) is 1. The van der Waals surface area contributed by atoms with E-state index >= 15 is 0 Å². The lowest BCUT2D eigenvalue weighted by Gasteiger charge is -2.16. The van der Waals surface area contributed by atoms with E-state index in [0.29, 0.717) is 11.4 Å². The van der Waals surface area contributed by atoms with Crippen molar-refractivity contribution in [1.29, 1.82) is 0 Å². The summed E-state index contributed by atoms with van der Waals surface area (Å²) in [4.78, 5) is 12.4. The quantitative estimate of drug-likeness (QED) is 0.854. The normalized spacial score (nSPS) is 12.0. The summed E-state index contributed by atoms with van der Waals surface area (Å²) in [5.74, 6) is -0.992. The van der Waals surface area contributed by atoms with Crippen LogP contribution < -0.4 is 5.32 Å². The molecule has 0 fully saturated rings. The second kappa shape index (κ2) is 6.56. The molecule has 1 unspecified atom stereocenters. The fourth-order valence-corrected chi connectivity index (χ4v) is 2.52. The summed E-state index contributed by atoms with van der Waals surface area (Å²) in [5.41, 5.74) is 1.98. The molecule has 0 bridgehead atoms. The Morgan fingerprint density at radius 3 is 2.73 bits per heavy atom. The van der Waals surface area contributed by atoms with Gasteiger partial charge in [0.15, 0.2) is 0 Å². The summed E-state index contributed by atoms with van der Waals surface area (Å²) in [7, 11) is 1.47. The van der Waals surface area contributed by atoms with Gasteiger partial charge in [-0.1, -0.05) is 31.2 Å². The van der Waals surface area contributed by atoms with Gasteiger partial charge in [0.05, 0.1) is 5.69 Å². The Bertz CT molecular complexity index is 706. The molecule has 0 spiro atoms. The molecule has 0 saturated carbocycles. The van der Waals surface area contributed by atoms with Gasteiger partial charge in [-0.15, -0.1) is 6.58 Å². The van der Waals surface area contributed by atoms with Gasteiger partial charge in [-0.05, 0) is 25.0 Å². The minimum Gasteiger partial charge on any atom is -0.322 e. The Hall–Kier alpha value is -2.43. The molecule has 0 aliphatic rings. The molecule has 1 heterocycles. The third kappa shape index (κ3) is 2.93. The van der Waals surface area contributed by atoms with Crippen molar-refractivity contribution < 1.29 is 9.18 Å². The number of carbonyl (C=O) groups is 1. The van der Waals surface area contributed by atoms with Crippen LogP contribution in [0.2, 0.25) is 0 Å². The van der Waals surface area contributed by atoms with E-state index in [1.54, 1.807) is 6.92 Å². The maximum Gasteiger partial charge on any atom is 0.262 e. The molecule has 0 aliphatic carbocycles. The Morgan fingerprint density at radius 2 is 2.18 bits per heavy atom. The van der Waals surface area contributed by atoms with E-state index in [2.05, 4.69) is 23.9 Å². The molecule has 22 heavy (non-hydrogen) atoms. The first-order valence-corrected chi connectivity index (χ1v) is 7.21. The fourth-order valence-electron chi connectivity index (χ4n) is 2.52. The first-order chi connectivity index (χ1) is 10.5. The molecule has 2 rings (SSSR count). The summed E-state index contributed by atoms with van der Waals surface area (Å²) in [5, 5.41) is 6.72. The highest BCUT2D eigenvalue weighted by atomic mass is 19.1. The number of allylic oxidation sites excluding steroid dienone is 1. The predicted molar refractivity (Wildman–Crippen MR) is 85.5 cm³/mol. The molecule has 116 valence electrons. The highest BCUT2D eigenvalue weighted by Crippen LogP contribution is 2.28. The molecular weight excluding hydrogens is 281 g/mol. The average Bonchev–Trinajstić information content (AvgIpc) is 2.75. The minimum atomic E-state index is -0.636. The largest absolute Gasteiger partial charge is 0.322 e. The highest BCUT2D eigenvalue weighted by molar-refractivity contribution is 6.05. The summed E-state index contributed by atoms with van der Waals surface area (Å²) in [6, 6.07) is 7.50. The number of hydrogen-bond acceptors (Lipinski definition) is 2. The molecule has 0 aliphatic heterocycles. The van der Waals surface area contributed by atoms with Crippen molar-refractivity contribution >= 4 is 11.6 Å². The molecule has 1 atom stereocenters. The Morgan fingerprint density at radius 1 is 1.50 bits per heavy atom. The van der Waals surface area contributed by atoms with Crippen LogP contribution in [-0.2, 0) is 7.05 Å². The number of rotatable bonds is 5. The van der Waals surface area contributed by atoms with E-state index < -0.39 is 11.9 Å². The zero-order chi connectivity index (χ0) is 16.3. The fraction of sp³-hybridized carbons (Fsp3) is 0.294. The van der Waals surface area contributed by atoms with E-state index in [1.807, 2.05) is 30.3 Å². The van der Waals surface area contributed by atoms with Crippen molar-refractivity contribution in [3.63, 3.8) is 0 Å². The van der Waals surface area contributed by atoms with Gasteiger partial charge in [-0.3, -0.25) is 4.79 Å². The number of para-hydroxylation sites is 1. The number of aromatic nitrogens is 2. The summed E-state index contributed by atoms with van der Waals surface area (Å²) in [6.45, 7) is 7.50. The predicted octanol–water partition coefficient (Wildman–Crippen LogP) is 3.80. The number of aryl methyl sites for hydroxylation is 2.